The zero-order valence-corrected chi connectivity index (χ0v) is 8.24. The van der Waals surface area contributed by atoms with Crippen molar-refractivity contribution in [2.24, 2.45) is 0 Å². The lowest BCUT2D eigenvalue weighted by Gasteiger charge is -2.16. The van der Waals surface area contributed by atoms with Crippen LogP contribution in [-0.2, 0) is 0 Å². The number of rotatable bonds is 2. The van der Waals surface area contributed by atoms with Crippen molar-refractivity contribution in [1.29, 1.82) is 0 Å². The molecule has 0 bridgehead atoms. The molecule has 0 radical (unpaired) electrons. The molecular formula is C7H4BBrF5-. The molecule has 0 saturated heterocycles. The van der Waals surface area contributed by atoms with Crippen LogP contribution < -0.4 is 5.46 Å². The van der Waals surface area contributed by atoms with E-state index in [1.54, 1.807) is 0 Å². The Bertz CT molecular complexity index is 335. The molecule has 0 fully saturated rings. The molecular weight excluding hydrogens is 270 g/mol. The topological polar surface area (TPSA) is 0 Å². The first-order valence-corrected chi connectivity index (χ1v) is 4.39. The molecule has 0 nitrogen and oxygen atoms in total. The van der Waals surface area contributed by atoms with Gasteiger partial charge >= 0.3 is 6.98 Å². The molecule has 0 amide bonds. The predicted molar refractivity (Wildman–Crippen MR) is 47.8 cm³/mol. The Morgan fingerprint density at radius 1 is 1.14 bits per heavy atom. The van der Waals surface area contributed by atoms with Gasteiger partial charge in [0, 0.05) is 10.0 Å². The summed E-state index contributed by atoms with van der Waals surface area (Å²) in [7, 11) is 0. The Labute approximate surface area is 85.3 Å². The Morgan fingerprint density at radius 3 is 2.07 bits per heavy atom. The maximum Gasteiger partial charge on any atom is 0.509 e. The fraction of sp³-hybridized carbons (Fsp3) is 0.143. The van der Waals surface area contributed by atoms with Crippen LogP contribution in [0.1, 0.15) is 12.0 Å². The second-order valence-corrected chi connectivity index (χ2v) is 3.51. The summed E-state index contributed by atoms with van der Waals surface area (Å²) in [6, 6.07) is 2.10. The van der Waals surface area contributed by atoms with E-state index in [0.29, 0.717) is 12.1 Å². The highest BCUT2D eigenvalue weighted by Gasteiger charge is 2.26. The van der Waals surface area contributed by atoms with E-state index < -0.39 is 24.4 Å². The van der Waals surface area contributed by atoms with Crippen molar-refractivity contribution in [2.75, 3.05) is 0 Å². The monoisotopic (exact) mass is 273 g/mol. The molecule has 0 saturated carbocycles. The number of hydrogen-bond acceptors (Lipinski definition) is 0. The molecule has 1 aromatic carbocycles. The van der Waals surface area contributed by atoms with Gasteiger partial charge in [-0.2, -0.15) is 0 Å². The minimum atomic E-state index is -5.13. The highest BCUT2D eigenvalue weighted by Crippen LogP contribution is 2.27. The second-order valence-electron chi connectivity index (χ2n) is 2.66. The second kappa shape index (κ2) is 3.88. The molecule has 0 spiro atoms. The standard InChI is InChI=1S/C7H4BBrF5/c9-6-3-4(8(12,13)14)1-2-5(6)7(10)11/h1-3,7H/q-1. The van der Waals surface area contributed by atoms with Gasteiger partial charge in [0.25, 0.3) is 6.43 Å². The third-order valence-electron chi connectivity index (χ3n) is 1.64. The van der Waals surface area contributed by atoms with Crippen molar-refractivity contribution < 1.29 is 21.7 Å². The van der Waals surface area contributed by atoms with Crippen molar-refractivity contribution >= 4 is 28.4 Å². The highest BCUT2D eigenvalue weighted by molar-refractivity contribution is 9.10. The van der Waals surface area contributed by atoms with Gasteiger partial charge in [0.2, 0.25) is 0 Å². The van der Waals surface area contributed by atoms with E-state index in [9.17, 15) is 21.7 Å². The summed E-state index contributed by atoms with van der Waals surface area (Å²) < 4.78 is 60.5. The average Bonchev–Trinajstić information content (AvgIpc) is 2.01. The third kappa shape index (κ3) is 2.46. The van der Waals surface area contributed by atoms with Gasteiger partial charge in [-0.3, -0.25) is 0 Å². The number of benzene rings is 1. The first-order chi connectivity index (χ1) is 6.32. The maximum atomic E-state index is 12.2. The van der Waals surface area contributed by atoms with Gasteiger partial charge in [-0.25, -0.2) is 8.78 Å². The van der Waals surface area contributed by atoms with E-state index in [1.165, 1.54) is 0 Å². The molecule has 14 heavy (non-hydrogen) atoms. The molecule has 1 aromatic rings. The molecule has 0 aliphatic heterocycles. The maximum absolute atomic E-state index is 12.2. The van der Waals surface area contributed by atoms with E-state index in [-0.39, 0.29) is 4.47 Å². The zero-order valence-electron chi connectivity index (χ0n) is 6.65. The van der Waals surface area contributed by atoms with Gasteiger partial charge in [0.1, 0.15) is 0 Å². The van der Waals surface area contributed by atoms with Crippen LogP contribution in [0.2, 0.25) is 0 Å². The molecule has 0 unspecified atom stereocenters. The molecule has 0 aliphatic carbocycles. The van der Waals surface area contributed by atoms with Gasteiger partial charge in [-0.1, -0.05) is 34.1 Å². The Balaban J connectivity index is 3.13. The molecule has 0 N–H and O–H groups in total. The Hall–Kier alpha value is -0.585. The number of halogens is 6. The molecule has 78 valence electrons. The Kier molecular flexibility index (Phi) is 3.19. The lowest BCUT2D eigenvalue weighted by molar-refractivity contribution is 0.150. The van der Waals surface area contributed by atoms with Crippen LogP contribution in [0.25, 0.3) is 0 Å². The number of alkyl halides is 2. The molecule has 0 aromatic heterocycles. The smallest absolute Gasteiger partial charge is 0.445 e. The largest absolute Gasteiger partial charge is 0.509 e. The SMILES string of the molecule is FC(F)c1ccc([B-](F)(F)F)cc1Br. The summed E-state index contributed by atoms with van der Waals surface area (Å²) in [5, 5.41) is 0. The van der Waals surface area contributed by atoms with E-state index >= 15 is 0 Å². The fourth-order valence-electron chi connectivity index (χ4n) is 0.924. The summed E-state index contributed by atoms with van der Waals surface area (Å²) in [6.45, 7) is -5.13. The van der Waals surface area contributed by atoms with Crippen LogP contribution in [0, 0.1) is 0 Å². The van der Waals surface area contributed by atoms with Crippen LogP contribution in [0.4, 0.5) is 21.7 Å². The normalized spacial score (nSPS) is 12.2. The quantitative estimate of drug-likeness (QED) is 0.572. The van der Waals surface area contributed by atoms with Gasteiger partial charge in [0.15, 0.2) is 0 Å². The van der Waals surface area contributed by atoms with E-state index in [1.807, 2.05) is 0 Å². The summed E-state index contributed by atoms with van der Waals surface area (Å²) in [4.78, 5) is 0. The van der Waals surface area contributed by atoms with E-state index in [2.05, 4.69) is 15.9 Å². The summed E-state index contributed by atoms with van der Waals surface area (Å²) in [6.07, 6.45) is -2.78. The van der Waals surface area contributed by atoms with Gasteiger partial charge in [-0.15, -0.1) is 5.46 Å². The minimum Gasteiger partial charge on any atom is -0.445 e. The minimum absolute atomic E-state index is 0.218. The Morgan fingerprint density at radius 2 is 1.71 bits per heavy atom. The van der Waals surface area contributed by atoms with Crippen LogP contribution in [-0.4, -0.2) is 6.98 Å². The molecule has 0 aliphatic rings. The highest BCUT2D eigenvalue weighted by atomic mass is 79.9. The van der Waals surface area contributed by atoms with Crippen molar-refractivity contribution in [2.45, 2.75) is 6.43 Å². The zero-order chi connectivity index (χ0) is 10.9. The van der Waals surface area contributed by atoms with Gasteiger partial charge in [-0.05, 0) is 0 Å². The summed E-state index contributed by atoms with van der Waals surface area (Å²) in [5.41, 5.74) is -1.32. The van der Waals surface area contributed by atoms with Gasteiger partial charge in [0.05, 0.1) is 0 Å². The van der Waals surface area contributed by atoms with Crippen LogP contribution >= 0.6 is 15.9 Å². The van der Waals surface area contributed by atoms with Gasteiger partial charge < -0.3 is 12.9 Å². The fourth-order valence-corrected chi connectivity index (χ4v) is 1.49. The lowest BCUT2D eigenvalue weighted by Crippen LogP contribution is -2.33. The number of hydrogen-bond donors (Lipinski definition) is 0. The van der Waals surface area contributed by atoms with Crippen LogP contribution in [0.15, 0.2) is 22.7 Å². The van der Waals surface area contributed by atoms with E-state index in [4.69, 9.17) is 0 Å². The van der Waals surface area contributed by atoms with E-state index in [0.717, 1.165) is 6.07 Å². The average molecular weight is 274 g/mol. The lowest BCUT2D eigenvalue weighted by atomic mass is 9.80. The van der Waals surface area contributed by atoms with Crippen LogP contribution in [0.3, 0.4) is 0 Å². The third-order valence-corrected chi connectivity index (χ3v) is 2.32. The molecule has 0 heterocycles. The van der Waals surface area contributed by atoms with Crippen molar-refractivity contribution in [3.63, 3.8) is 0 Å². The molecule has 7 heteroatoms. The summed E-state index contributed by atoms with van der Waals surface area (Å²) in [5.74, 6) is 0. The molecule has 1 rings (SSSR count). The predicted octanol–water partition coefficient (Wildman–Crippen LogP) is 3.44. The van der Waals surface area contributed by atoms with Crippen molar-refractivity contribution in [1.82, 2.24) is 0 Å². The summed E-state index contributed by atoms with van der Waals surface area (Å²) >= 11 is 2.67. The first-order valence-electron chi connectivity index (χ1n) is 3.60. The van der Waals surface area contributed by atoms with Crippen LogP contribution in [0.5, 0.6) is 0 Å². The first kappa shape index (κ1) is 11.5. The van der Waals surface area contributed by atoms with Crippen molar-refractivity contribution in [3.8, 4) is 0 Å². The van der Waals surface area contributed by atoms with Crippen molar-refractivity contribution in [3.05, 3.63) is 28.2 Å². The molecule has 0 atom stereocenters.